The highest BCUT2D eigenvalue weighted by Gasteiger charge is 2.02. The van der Waals surface area contributed by atoms with Crippen LogP contribution in [0, 0.1) is 13.8 Å². The van der Waals surface area contributed by atoms with Crippen LogP contribution in [-0.4, -0.2) is 9.97 Å². The number of rotatable bonds is 3. The van der Waals surface area contributed by atoms with Crippen LogP contribution in [0.1, 0.15) is 16.7 Å². The van der Waals surface area contributed by atoms with Gasteiger partial charge in [-0.1, -0.05) is 24.3 Å². The molecule has 4 heteroatoms. The number of hydrogen-bond acceptors (Lipinski definition) is 4. The first-order valence-electron chi connectivity index (χ1n) is 5.54. The van der Waals surface area contributed by atoms with E-state index in [1.165, 1.54) is 11.1 Å². The maximum Gasteiger partial charge on any atom is 0.221 e. The molecule has 0 unspecified atom stereocenters. The number of hydrogen-bond donors (Lipinski definition) is 2. The third kappa shape index (κ3) is 2.72. The molecule has 0 bridgehead atoms. The SMILES string of the molecule is Cc1ccccc1CNc1nc(N)ncc1C. The molecule has 1 aromatic carbocycles. The lowest BCUT2D eigenvalue weighted by Crippen LogP contribution is -2.06. The molecule has 0 atom stereocenters. The van der Waals surface area contributed by atoms with Gasteiger partial charge in [-0.3, -0.25) is 0 Å². The molecule has 3 N–H and O–H groups in total. The Hall–Kier alpha value is -2.10. The van der Waals surface area contributed by atoms with E-state index in [2.05, 4.69) is 34.3 Å². The summed E-state index contributed by atoms with van der Waals surface area (Å²) in [6.45, 7) is 4.79. The van der Waals surface area contributed by atoms with Crippen molar-refractivity contribution in [2.24, 2.45) is 0 Å². The number of nitrogens with one attached hydrogen (secondary N) is 1. The van der Waals surface area contributed by atoms with Gasteiger partial charge in [-0.25, -0.2) is 4.98 Å². The summed E-state index contributed by atoms with van der Waals surface area (Å²) in [5, 5.41) is 3.28. The van der Waals surface area contributed by atoms with Gasteiger partial charge in [0.05, 0.1) is 0 Å². The molecule has 0 amide bonds. The Bertz CT molecular complexity index is 523. The van der Waals surface area contributed by atoms with Crippen LogP contribution in [0.25, 0.3) is 0 Å². The van der Waals surface area contributed by atoms with Crippen LogP contribution in [-0.2, 0) is 6.54 Å². The fourth-order valence-corrected chi connectivity index (χ4v) is 1.62. The van der Waals surface area contributed by atoms with Crippen molar-refractivity contribution in [1.29, 1.82) is 0 Å². The number of nitrogens with zero attached hydrogens (tertiary/aromatic N) is 2. The van der Waals surface area contributed by atoms with Crippen molar-refractivity contribution in [3.63, 3.8) is 0 Å². The van der Waals surface area contributed by atoms with E-state index in [4.69, 9.17) is 5.73 Å². The third-order valence-electron chi connectivity index (χ3n) is 2.70. The van der Waals surface area contributed by atoms with Crippen LogP contribution in [0.5, 0.6) is 0 Å². The van der Waals surface area contributed by atoms with E-state index in [1.54, 1.807) is 6.20 Å². The molecule has 0 aliphatic carbocycles. The van der Waals surface area contributed by atoms with Gasteiger partial charge >= 0.3 is 0 Å². The zero-order chi connectivity index (χ0) is 12.3. The Morgan fingerprint density at radius 2 is 1.94 bits per heavy atom. The van der Waals surface area contributed by atoms with E-state index in [0.29, 0.717) is 5.95 Å². The van der Waals surface area contributed by atoms with Crippen molar-refractivity contribution < 1.29 is 0 Å². The van der Waals surface area contributed by atoms with Crippen molar-refractivity contribution >= 4 is 11.8 Å². The minimum atomic E-state index is 0.294. The Labute approximate surface area is 101 Å². The summed E-state index contributed by atoms with van der Waals surface area (Å²) in [6, 6.07) is 8.26. The zero-order valence-electron chi connectivity index (χ0n) is 10.1. The normalized spacial score (nSPS) is 10.2. The molecule has 0 aliphatic heterocycles. The summed E-state index contributed by atoms with van der Waals surface area (Å²) >= 11 is 0. The van der Waals surface area contributed by atoms with Gasteiger partial charge in [0.1, 0.15) is 5.82 Å². The predicted molar refractivity (Wildman–Crippen MR) is 69.7 cm³/mol. The van der Waals surface area contributed by atoms with Gasteiger partial charge in [0.2, 0.25) is 5.95 Å². The molecule has 1 aromatic heterocycles. The van der Waals surface area contributed by atoms with Crippen LogP contribution in [0.4, 0.5) is 11.8 Å². The van der Waals surface area contributed by atoms with Gasteiger partial charge in [0, 0.05) is 18.3 Å². The summed E-state index contributed by atoms with van der Waals surface area (Å²) in [5.41, 5.74) is 9.07. The van der Waals surface area contributed by atoms with Crippen LogP contribution < -0.4 is 11.1 Å². The highest BCUT2D eigenvalue weighted by molar-refractivity contribution is 5.46. The van der Waals surface area contributed by atoms with Crippen molar-refractivity contribution in [2.45, 2.75) is 20.4 Å². The standard InChI is InChI=1S/C13H16N4/c1-9-5-3-4-6-11(9)8-15-12-10(2)7-16-13(14)17-12/h3-7H,8H2,1-2H3,(H3,14,15,16,17). The van der Waals surface area contributed by atoms with Gasteiger partial charge < -0.3 is 11.1 Å². The summed E-state index contributed by atoms with van der Waals surface area (Å²) in [5.74, 6) is 1.09. The fourth-order valence-electron chi connectivity index (χ4n) is 1.62. The summed E-state index contributed by atoms with van der Waals surface area (Å²) in [6.07, 6.45) is 1.72. The molecule has 2 aromatic rings. The number of aromatic nitrogens is 2. The van der Waals surface area contributed by atoms with Gasteiger partial charge in [-0.05, 0) is 25.0 Å². The number of nitrogen functional groups attached to an aromatic ring is 1. The average Bonchev–Trinajstić information content (AvgIpc) is 2.32. The second-order valence-electron chi connectivity index (χ2n) is 4.04. The van der Waals surface area contributed by atoms with Gasteiger partial charge in [0.15, 0.2) is 0 Å². The van der Waals surface area contributed by atoms with E-state index in [-0.39, 0.29) is 0 Å². The van der Waals surface area contributed by atoms with Gasteiger partial charge in [-0.2, -0.15) is 4.98 Å². The highest BCUT2D eigenvalue weighted by atomic mass is 15.1. The summed E-state index contributed by atoms with van der Waals surface area (Å²) in [4.78, 5) is 8.11. The maximum absolute atomic E-state index is 5.56. The van der Waals surface area contributed by atoms with E-state index in [1.807, 2.05) is 19.1 Å². The highest BCUT2D eigenvalue weighted by Crippen LogP contribution is 2.14. The van der Waals surface area contributed by atoms with Crippen molar-refractivity contribution in [2.75, 3.05) is 11.1 Å². The second-order valence-corrected chi connectivity index (χ2v) is 4.04. The molecule has 0 saturated carbocycles. The lowest BCUT2D eigenvalue weighted by Gasteiger charge is -2.10. The van der Waals surface area contributed by atoms with E-state index in [0.717, 1.165) is 17.9 Å². The predicted octanol–water partition coefficient (Wildman–Crippen LogP) is 2.29. The molecule has 0 spiro atoms. The first-order valence-corrected chi connectivity index (χ1v) is 5.54. The lowest BCUT2D eigenvalue weighted by molar-refractivity contribution is 1.06. The van der Waals surface area contributed by atoms with Gasteiger partial charge in [-0.15, -0.1) is 0 Å². The molecular weight excluding hydrogens is 212 g/mol. The first kappa shape index (κ1) is 11.4. The largest absolute Gasteiger partial charge is 0.368 e. The van der Waals surface area contributed by atoms with Crippen LogP contribution in [0.3, 0.4) is 0 Å². The smallest absolute Gasteiger partial charge is 0.221 e. The van der Waals surface area contributed by atoms with E-state index >= 15 is 0 Å². The van der Waals surface area contributed by atoms with Crippen LogP contribution in [0.15, 0.2) is 30.5 Å². The molecule has 2 rings (SSSR count). The number of anilines is 2. The zero-order valence-corrected chi connectivity index (χ0v) is 10.1. The topological polar surface area (TPSA) is 63.8 Å². The fraction of sp³-hybridized carbons (Fsp3) is 0.231. The second kappa shape index (κ2) is 4.82. The molecular formula is C13H16N4. The van der Waals surface area contributed by atoms with E-state index in [9.17, 15) is 0 Å². The Morgan fingerprint density at radius 3 is 2.71 bits per heavy atom. The monoisotopic (exact) mass is 228 g/mol. The molecule has 0 aliphatic rings. The van der Waals surface area contributed by atoms with Crippen molar-refractivity contribution in [1.82, 2.24) is 9.97 Å². The third-order valence-corrected chi connectivity index (χ3v) is 2.70. The Kier molecular flexibility index (Phi) is 3.23. The van der Waals surface area contributed by atoms with Crippen LogP contribution in [0.2, 0.25) is 0 Å². The lowest BCUT2D eigenvalue weighted by atomic mass is 10.1. The number of nitrogens with two attached hydrogens (primary N) is 1. The molecule has 4 nitrogen and oxygen atoms in total. The average molecular weight is 228 g/mol. The first-order chi connectivity index (χ1) is 8.16. The summed E-state index contributed by atoms with van der Waals surface area (Å²) < 4.78 is 0. The molecule has 0 fully saturated rings. The number of aryl methyl sites for hydroxylation is 2. The van der Waals surface area contributed by atoms with Crippen molar-refractivity contribution in [3.8, 4) is 0 Å². The van der Waals surface area contributed by atoms with Crippen molar-refractivity contribution in [3.05, 3.63) is 47.2 Å². The Balaban J connectivity index is 2.12. The summed E-state index contributed by atoms with van der Waals surface area (Å²) in [7, 11) is 0. The molecule has 17 heavy (non-hydrogen) atoms. The maximum atomic E-state index is 5.56. The van der Waals surface area contributed by atoms with Crippen LogP contribution >= 0.6 is 0 Å². The molecule has 88 valence electrons. The number of benzene rings is 1. The molecule has 0 saturated heterocycles. The van der Waals surface area contributed by atoms with E-state index < -0.39 is 0 Å². The quantitative estimate of drug-likeness (QED) is 0.846. The Morgan fingerprint density at radius 1 is 1.18 bits per heavy atom. The molecule has 1 heterocycles. The minimum absolute atomic E-state index is 0.294. The minimum Gasteiger partial charge on any atom is -0.368 e. The van der Waals surface area contributed by atoms with Gasteiger partial charge in [0.25, 0.3) is 0 Å². The molecule has 0 radical (unpaired) electrons.